The van der Waals surface area contributed by atoms with E-state index in [0.29, 0.717) is 19.3 Å². The molecule has 4 N–H and O–H groups in total. The largest absolute Gasteiger partial charge is 0.496 e. The Morgan fingerprint density at radius 2 is 1.86 bits per heavy atom. The van der Waals surface area contributed by atoms with Gasteiger partial charge in [-0.25, -0.2) is 0 Å². The summed E-state index contributed by atoms with van der Waals surface area (Å²) in [6.45, 7) is 10.7. The van der Waals surface area contributed by atoms with Crippen LogP contribution < -0.4 is 9.64 Å². The summed E-state index contributed by atoms with van der Waals surface area (Å²) in [7, 11) is 3.71. The zero-order valence-corrected chi connectivity index (χ0v) is 30.8. The first-order chi connectivity index (χ1) is 24.4. The number of anilines is 1. The molecule has 10 atom stereocenters. The third kappa shape index (κ3) is 4.18. The van der Waals surface area contributed by atoms with Gasteiger partial charge < -0.3 is 29.9 Å². The predicted octanol–water partition coefficient (Wildman–Crippen LogP) is 4.29. The first-order valence-corrected chi connectivity index (χ1v) is 19.2. The Balaban J connectivity index is 1.31. The molecule has 0 radical (unpaired) electrons. The summed E-state index contributed by atoms with van der Waals surface area (Å²) < 4.78 is 6.37. The Kier molecular flexibility index (Phi) is 7.35. The van der Waals surface area contributed by atoms with Gasteiger partial charge in [0.15, 0.2) is 11.9 Å². The average Bonchev–Trinajstić information content (AvgIpc) is 3.80. The molecule has 2 bridgehead atoms. The van der Waals surface area contributed by atoms with Crippen LogP contribution in [0.4, 0.5) is 5.69 Å². The van der Waals surface area contributed by atoms with Crippen molar-refractivity contribution >= 4 is 22.9 Å². The van der Waals surface area contributed by atoms with Crippen LogP contribution in [0.25, 0.3) is 10.9 Å². The van der Waals surface area contributed by atoms with E-state index in [1.54, 1.807) is 7.11 Å². The highest BCUT2D eigenvalue weighted by Crippen LogP contribution is 2.67. The number of fused-ring (bicyclic) bond motifs is 6. The van der Waals surface area contributed by atoms with Crippen LogP contribution >= 0.6 is 0 Å². The number of carbonyl (C=O) groups is 1. The molecule has 5 aliphatic heterocycles. The number of aldehydes is 1. The van der Waals surface area contributed by atoms with Crippen LogP contribution in [0, 0.1) is 11.3 Å². The molecule has 1 spiro atoms. The van der Waals surface area contributed by atoms with Crippen molar-refractivity contribution in [3.8, 4) is 5.75 Å². The Bertz CT molecular complexity index is 1940. The SMILES string of the molecule is CC[C@]1(O)C[C@H]2CN(CCc3c([nH]c4ccccc34)[C@@](C)(c3cc4c(cc3OC)N(C)C3[C@]45CCN4CC=C[C@](CC)([C@@H]45)[C@@H](O)[C@]3(O)C=O)C2)C1. The van der Waals surface area contributed by atoms with E-state index in [1.807, 2.05) is 7.05 Å². The molecule has 6 heterocycles. The smallest absolute Gasteiger partial charge is 0.167 e. The third-order valence-corrected chi connectivity index (χ3v) is 14.9. The van der Waals surface area contributed by atoms with Crippen molar-refractivity contribution in [2.24, 2.45) is 11.3 Å². The summed E-state index contributed by atoms with van der Waals surface area (Å²) in [5, 5.41) is 37.7. The Morgan fingerprint density at radius 1 is 1.06 bits per heavy atom. The number of para-hydroxylation sites is 1. The minimum absolute atomic E-state index is 0.0893. The van der Waals surface area contributed by atoms with Crippen molar-refractivity contribution in [1.29, 1.82) is 0 Å². The van der Waals surface area contributed by atoms with Crippen molar-refractivity contribution in [3.05, 3.63) is 70.9 Å². The van der Waals surface area contributed by atoms with Crippen LogP contribution in [0.3, 0.4) is 0 Å². The number of piperidine rings is 1. The van der Waals surface area contributed by atoms with Gasteiger partial charge in [-0.2, -0.15) is 0 Å². The predicted molar refractivity (Wildman–Crippen MR) is 199 cm³/mol. The van der Waals surface area contributed by atoms with Gasteiger partial charge in [0.1, 0.15) is 11.9 Å². The number of carbonyl (C=O) groups excluding carboxylic acids is 1. The summed E-state index contributed by atoms with van der Waals surface area (Å²) in [5.74, 6) is 1.02. The first kappa shape index (κ1) is 33.6. The fraction of sp³-hybridized carbons (Fsp3) is 0.595. The van der Waals surface area contributed by atoms with E-state index < -0.39 is 39.6 Å². The maximum Gasteiger partial charge on any atom is 0.167 e. The molecule has 2 saturated heterocycles. The highest BCUT2D eigenvalue weighted by Gasteiger charge is 2.77. The lowest BCUT2D eigenvalue weighted by Crippen LogP contribution is -2.79. The van der Waals surface area contributed by atoms with Gasteiger partial charge in [0.25, 0.3) is 0 Å². The number of nitrogens with zero attached hydrogens (tertiary/aromatic N) is 3. The summed E-state index contributed by atoms with van der Waals surface area (Å²) in [6, 6.07) is 12.4. The van der Waals surface area contributed by atoms with Crippen LogP contribution in [-0.4, -0.2) is 113 Å². The van der Waals surface area contributed by atoms with Gasteiger partial charge >= 0.3 is 0 Å². The molecule has 3 fully saturated rings. The average molecular weight is 695 g/mol. The zero-order valence-electron chi connectivity index (χ0n) is 30.8. The van der Waals surface area contributed by atoms with Gasteiger partial charge in [-0.05, 0) is 81.2 Å². The number of benzene rings is 2. The topological polar surface area (TPSA) is 112 Å². The molecule has 1 aromatic heterocycles. The molecule has 9 heteroatoms. The van der Waals surface area contributed by atoms with Crippen molar-refractivity contribution in [1.82, 2.24) is 14.8 Å². The summed E-state index contributed by atoms with van der Waals surface area (Å²) in [5.41, 5.74) is 2.21. The lowest BCUT2D eigenvalue weighted by Gasteiger charge is -2.62. The normalized spacial score (nSPS) is 41.3. The van der Waals surface area contributed by atoms with Gasteiger partial charge in [-0.15, -0.1) is 0 Å². The number of aromatic amines is 1. The fourth-order valence-corrected chi connectivity index (χ4v) is 12.8. The zero-order chi connectivity index (χ0) is 35.7. The second-order valence-corrected chi connectivity index (χ2v) is 17.2. The van der Waals surface area contributed by atoms with Crippen molar-refractivity contribution < 1.29 is 24.9 Å². The van der Waals surface area contributed by atoms with Gasteiger partial charge in [-0.1, -0.05) is 44.2 Å². The van der Waals surface area contributed by atoms with E-state index >= 15 is 0 Å². The number of likely N-dealkylation sites (N-methyl/N-ethyl adjacent to an activating group) is 1. The van der Waals surface area contributed by atoms with Crippen LogP contribution in [0.15, 0.2) is 48.6 Å². The second-order valence-electron chi connectivity index (χ2n) is 17.2. The molecule has 2 aromatic carbocycles. The number of hydrogen-bond donors (Lipinski definition) is 4. The number of methoxy groups -OCH3 is 1. The molecule has 1 saturated carbocycles. The molecule has 2 unspecified atom stereocenters. The monoisotopic (exact) mass is 694 g/mol. The molecule has 9 nitrogen and oxygen atoms in total. The Labute approximate surface area is 301 Å². The van der Waals surface area contributed by atoms with E-state index in [0.717, 1.165) is 86.4 Å². The maximum absolute atomic E-state index is 13.2. The van der Waals surface area contributed by atoms with E-state index in [1.165, 1.54) is 16.6 Å². The second kappa shape index (κ2) is 11.2. The van der Waals surface area contributed by atoms with Crippen molar-refractivity contribution in [3.63, 3.8) is 0 Å². The lowest BCUT2D eigenvalue weighted by atomic mass is 9.48. The molecule has 272 valence electrons. The van der Waals surface area contributed by atoms with Crippen LogP contribution in [0.5, 0.6) is 5.75 Å². The quantitative estimate of drug-likeness (QED) is 0.231. The van der Waals surface area contributed by atoms with Gasteiger partial charge in [0.2, 0.25) is 0 Å². The summed E-state index contributed by atoms with van der Waals surface area (Å²) in [4.78, 5) is 24.2. The van der Waals surface area contributed by atoms with E-state index in [9.17, 15) is 20.1 Å². The molecule has 1 aliphatic carbocycles. The molecule has 0 amide bonds. The molecular formula is C42H54N4O5. The number of aliphatic hydroxyl groups is 3. The lowest BCUT2D eigenvalue weighted by molar-refractivity contribution is -0.193. The number of nitrogens with one attached hydrogen (secondary N) is 1. The molecule has 3 aromatic rings. The summed E-state index contributed by atoms with van der Waals surface area (Å²) in [6.07, 6.45) is 8.15. The number of rotatable bonds is 5. The standard InChI is InChI=1S/C42H54N4O5/c1-6-39(49)22-26-21-38(3,34-28(13-17-45(23-26)24-39)27-11-8-9-12-31(27)43-34)30-19-29-32(20-33(30)51-5)44(4)36-41(29)15-18-46-16-10-14-40(7-2,35(41)46)37(48)42(36,50)25-47/h8-12,14,19-20,25-26,35-37,43,48-50H,6-7,13,15-18,21-24H2,1-5H3/t26-,35+,36?,37+,38+,39-,40+,41+,42-/m0/s1. The number of ether oxygens (including phenoxy) is 1. The highest BCUT2D eigenvalue weighted by atomic mass is 16.5. The van der Waals surface area contributed by atoms with Gasteiger partial charge in [-0.3, -0.25) is 14.6 Å². The van der Waals surface area contributed by atoms with Crippen LogP contribution in [0.1, 0.15) is 75.3 Å². The molecule has 9 rings (SSSR count). The van der Waals surface area contributed by atoms with Crippen molar-refractivity contribution in [2.75, 3.05) is 51.8 Å². The van der Waals surface area contributed by atoms with Crippen molar-refractivity contribution in [2.45, 2.75) is 99.5 Å². The molecule has 6 aliphatic rings. The van der Waals surface area contributed by atoms with E-state index in [-0.39, 0.29) is 12.0 Å². The highest BCUT2D eigenvalue weighted by molar-refractivity contribution is 5.86. The Morgan fingerprint density at radius 3 is 2.61 bits per heavy atom. The minimum atomic E-state index is -1.98. The molecular weight excluding hydrogens is 640 g/mol. The van der Waals surface area contributed by atoms with Crippen LogP contribution in [0.2, 0.25) is 0 Å². The van der Waals surface area contributed by atoms with Gasteiger partial charge in [0.05, 0.1) is 18.8 Å². The fourth-order valence-electron chi connectivity index (χ4n) is 12.8. The first-order valence-electron chi connectivity index (χ1n) is 19.2. The number of aliphatic hydroxyl groups excluding tert-OH is 1. The number of H-pyrrole nitrogens is 1. The minimum Gasteiger partial charge on any atom is -0.496 e. The third-order valence-electron chi connectivity index (χ3n) is 14.9. The maximum atomic E-state index is 13.2. The van der Waals surface area contributed by atoms with E-state index in [2.05, 4.69) is 89.0 Å². The molecule has 51 heavy (non-hydrogen) atoms. The number of aromatic nitrogens is 1. The number of hydrogen-bond acceptors (Lipinski definition) is 8. The van der Waals surface area contributed by atoms with E-state index in [4.69, 9.17) is 4.74 Å². The Hall–Kier alpha value is -3.21. The summed E-state index contributed by atoms with van der Waals surface area (Å²) >= 11 is 0. The van der Waals surface area contributed by atoms with Gasteiger partial charge in [0, 0.05) is 89.4 Å². The van der Waals surface area contributed by atoms with Crippen LogP contribution in [-0.2, 0) is 22.0 Å².